The minimum absolute atomic E-state index is 0.282. The number of halogens is 2. The highest BCUT2D eigenvalue weighted by atomic mass is 19.1. The third-order valence-corrected chi connectivity index (χ3v) is 2.63. The van der Waals surface area contributed by atoms with Crippen LogP contribution in [0.3, 0.4) is 0 Å². The van der Waals surface area contributed by atoms with E-state index in [1.165, 1.54) is 7.11 Å². The van der Waals surface area contributed by atoms with Crippen LogP contribution in [0.4, 0.5) is 8.78 Å². The van der Waals surface area contributed by atoms with E-state index in [0.29, 0.717) is 12.5 Å². The lowest BCUT2D eigenvalue weighted by molar-refractivity contribution is -0.143. The molecule has 0 saturated carbocycles. The molecule has 1 aromatic carbocycles. The Bertz CT molecular complexity index is 517. The van der Waals surface area contributed by atoms with Crippen LogP contribution in [-0.2, 0) is 9.53 Å². The molecule has 1 aromatic rings. The molecule has 0 aliphatic heterocycles. The van der Waals surface area contributed by atoms with Gasteiger partial charge in [0.1, 0.15) is 17.7 Å². The first-order chi connectivity index (χ1) is 9.49. The van der Waals surface area contributed by atoms with E-state index < -0.39 is 29.6 Å². The van der Waals surface area contributed by atoms with Gasteiger partial charge in [0.05, 0.1) is 12.7 Å². The van der Waals surface area contributed by atoms with E-state index in [9.17, 15) is 18.4 Å². The fourth-order valence-corrected chi connectivity index (χ4v) is 1.59. The summed E-state index contributed by atoms with van der Waals surface area (Å²) in [5, 5.41) is 2.36. The Morgan fingerprint density at radius 3 is 2.70 bits per heavy atom. The zero-order chi connectivity index (χ0) is 15.1. The van der Waals surface area contributed by atoms with Crippen LogP contribution >= 0.6 is 0 Å². The molecular weight excluding hydrogens is 268 g/mol. The second-order valence-electron chi connectivity index (χ2n) is 4.04. The molecule has 0 radical (unpaired) electrons. The molecule has 6 heteroatoms. The largest absolute Gasteiger partial charge is 0.467 e. The van der Waals surface area contributed by atoms with Gasteiger partial charge in [0.2, 0.25) is 0 Å². The number of hydrogen-bond donors (Lipinski definition) is 1. The quantitative estimate of drug-likeness (QED) is 0.643. The van der Waals surface area contributed by atoms with Crippen LogP contribution in [0.5, 0.6) is 0 Å². The van der Waals surface area contributed by atoms with Crippen molar-refractivity contribution in [1.82, 2.24) is 5.32 Å². The third-order valence-electron chi connectivity index (χ3n) is 2.63. The maximum Gasteiger partial charge on any atom is 0.328 e. The molecule has 0 saturated heterocycles. The fraction of sp³-hybridized carbons (Fsp3) is 0.286. The predicted molar refractivity (Wildman–Crippen MR) is 69.1 cm³/mol. The van der Waals surface area contributed by atoms with E-state index in [2.05, 4.69) is 16.6 Å². The minimum atomic E-state index is -0.991. The van der Waals surface area contributed by atoms with Gasteiger partial charge in [-0.25, -0.2) is 13.6 Å². The number of allylic oxidation sites excluding steroid dienone is 1. The second-order valence-corrected chi connectivity index (χ2v) is 4.04. The number of carbonyl (C=O) groups is 2. The summed E-state index contributed by atoms with van der Waals surface area (Å²) < 4.78 is 30.8. The fourth-order valence-electron chi connectivity index (χ4n) is 1.59. The second kappa shape index (κ2) is 7.37. The van der Waals surface area contributed by atoms with Crippen LogP contribution in [0.2, 0.25) is 0 Å². The van der Waals surface area contributed by atoms with Crippen molar-refractivity contribution in [2.45, 2.75) is 18.9 Å². The number of benzene rings is 1. The number of carbonyl (C=O) groups excluding carboxylic acids is 2. The number of nitrogens with one attached hydrogen (secondary N) is 1. The molecular formula is C14H15F2NO3. The van der Waals surface area contributed by atoms with Crippen molar-refractivity contribution < 1.29 is 23.1 Å². The van der Waals surface area contributed by atoms with E-state index in [0.717, 1.165) is 12.1 Å². The highest BCUT2D eigenvalue weighted by Gasteiger charge is 2.22. The first-order valence-corrected chi connectivity index (χ1v) is 5.94. The number of ether oxygens (including phenoxy) is 1. The van der Waals surface area contributed by atoms with Gasteiger partial charge in [-0.3, -0.25) is 4.79 Å². The maximum atomic E-state index is 13.5. The molecule has 1 atom stereocenters. The molecule has 1 N–H and O–H groups in total. The van der Waals surface area contributed by atoms with Gasteiger partial charge in [-0.2, -0.15) is 0 Å². The summed E-state index contributed by atoms with van der Waals surface area (Å²) in [6.07, 6.45) is 2.34. The molecule has 0 bridgehead atoms. The van der Waals surface area contributed by atoms with Gasteiger partial charge < -0.3 is 10.1 Å². The van der Waals surface area contributed by atoms with Gasteiger partial charge in [0.25, 0.3) is 5.91 Å². The molecule has 0 aliphatic rings. The van der Waals surface area contributed by atoms with Gasteiger partial charge in [0, 0.05) is 6.07 Å². The highest BCUT2D eigenvalue weighted by molar-refractivity contribution is 5.96. The predicted octanol–water partition coefficient (Wildman–Crippen LogP) is 2.20. The lowest BCUT2D eigenvalue weighted by Crippen LogP contribution is -2.41. The summed E-state index contributed by atoms with van der Waals surface area (Å²) in [6, 6.07) is 1.68. The average molecular weight is 283 g/mol. The lowest BCUT2D eigenvalue weighted by atomic mass is 10.1. The standard InChI is InChI=1S/C14H15F2NO3/c1-3-4-5-12(14(19)20-2)17-13(18)10-7-6-9(15)8-11(10)16/h3,6-8,12H,1,4-5H2,2H3,(H,17,18)/t12-/m0/s1. The normalized spacial score (nSPS) is 11.6. The number of methoxy groups -OCH3 is 1. The average Bonchev–Trinajstić information content (AvgIpc) is 2.42. The summed E-state index contributed by atoms with van der Waals surface area (Å²) in [5.74, 6) is -3.21. The zero-order valence-corrected chi connectivity index (χ0v) is 11.0. The number of esters is 1. The smallest absolute Gasteiger partial charge is 0.328 e. The Morgan fingerprint density at radius 2 is 2.15 bits per heavy atom. The Morgan fingerprint density at radius 1 is 1.45 bits per heavy atom. The topological polar surface area (TPSA) is 55.4 Å². The van der Waals surface area contributed by atoms with E-state index in [4.69, 9.17) is 0 Å². The van der Waals surface area contributed by atoms with Crippen LogP contribution < -0.4 is 5.32 Å². The van der Waals surface area contributed by atoms with Crippen molar-refractivity contribution in [3.63, 3.8) is 0 Å². The Labute approximate surface area is 115 Å². The Hall–Kier alpha value is -2.24. The molecule has 1 amide bonds. The number of amides is 1. The summed E-state index contributed by atoms with van der Waals surface area (Å²) >= 11 is 0. The van der Waals surface area contributed by atoms with E-state index in [1.54, 1.807) is 6.08 Å². The maximum absolute atomic E-state index is 13.5. The van der Waals surface area contributed by atoms with Gasteiger partial charge in [-0.15, -0.1) is 6.58 Å². The highest BCUT2D eigenvalue weighted by Crippen LogP contribution is 2.10. The van der Waals surface area contributed by atoms with E-state index in [1.807, 2.05) is 0 Å². The van der Waals surface area contributed by atoms with E-state index in [-0.39, 0.29) is 12.0 Å². The van der Waals surface area contributed by atoms with Crippen LogP contribution in [0.25, 0.3) is 0 Å². The van der Waals surface area contributed by atoms with Crippen molar-refractivity contribution in [3.05, 3.63) is 48.1 Å². The van der Waals surface area contributed by atoms with Crippen molar-refractivity contribution in [2.24, 2.45) is 0 Å². The Balaban J connectivity index is 2.84. The summed E-state index contributed by atoms with van der Waals surface area (Å²) in [6.45, 7) is 3.51. The first kappa shape index (κ1) is 15.8. The van der Waals surface area contributed by atoms with Crippen molar-refractivity contribution in [1.29, 1.82) is 0 Å². The van der Waals surface area contributed by atoms with Crippen LogP contribution in [0, 0.1) is 11.6 Å². The summed E-state index contributed by atoms with van der Waals surface area (Å²) in [5.41, 5.74) is -0.334. The molecule has 0 spiro atoms. The van der Waals surface area contributed by atoms with Gasteiger partial charge in [0.15, 0.2) is 0 Å². The number of rotatable bonds is 6. The van der Waals surface area contributed by atoms with Gasteiger partial charge in [-0.05, 0) is 25.0 Å². The molecule has 0 aromatic heterocycles. The molecule has 0 fully saturated rings. The lowest BCUT2D eigenvalue weighted by Gasteiger charge is -2.16. The summed E-state index contributed by atoms with van der Waals surface area (Å²) in [4.78, 5) is 23.4. The molecule has 20 heavy (non-hydrogen) atoms. The van der Waals surface area contributed by atoms with Crippen LogP contribution in [0.15, 0.2) is 30.9 Å². The van der Waals surface area contributed by atoms with Crippen molar-refractivity contribution in [3.8, 4) is 0 Å². The molecule has 108 valence electrons. The minimum Gasteiger partial charge on any atom is -0.467 e. The molecule has 0 unspecified atom stereocenters. The third kappa shape index (κ3) is 4.15. The SMILES string of the molecule is C=CCC[C@H](NC(=O)c1ccc(F)cc1F)C(=O)OC. The van der Waals surface area contributed by atoms with Crippen molar-refractivity contribution in [2.75, 3.05) is 7.11 Å². The van der Waals surface area contributed by atoms with E-state index >= 15 is 0 Å². The van der Waals surface area contributed by atoms with Crippen LogP contribution in [0.1, 0.15) is 23.2 Å². The molecule has 0 aliphatic carbocycles. The van der Waals surface area contributed by atoms with Crippen molar-refractivity contribution >= 4 is 11.9 Å². The summed E-state index contributed by atoms with van der Waals surface area (Å²) in [7, 11) is 1.19. The zero-order valence-electron chi connectivity index (χ0n) is 11.0. The first-order valence-electron chi connectivity index (χ1n) is 5.94. The Kier molecular flexibility index (Phi) is 5.83. The van der Waals surface area contributed by atoms with Crippen LogP contribution in [-0.4, -0.2) is 25.0 Å². The molecule has 4 nitrogen and oxygen atoms in total. The van der Waals surface area contributed by atoms with Gasteiger partial charge in [-0.1, -0.05) is 6.08 Å². The molecule has 0 heterocycles. The monoisotopic (exact) mass is 283 g/mol. The van der Waals surface area contributed by atoms with Gasteiger partial charge >= 0.3 is 5.97 Å². The number of hydrogen-bond acceptors (Lipinski definition) is 3. The molecule has 1 rings (SSSR count).